The average molecular weight is 342 g/mol. The highest BCUT2D eigenvalue weighted by Crippen LogP contribution is 2.18. The third kappa shape index (κ3) is 5.09. The lowest BCUT2D eigenvalue weighted by Gasteiger charge is -2.32. The Kier molecular flexibility index (Phi) is 5.75. The topological polar surface area (TPSA) is 75.9 Å². The summed E-state index contributed by atoms with van der Waals surface area (Å²) in [6.07, 6.45) is 4.03. The fourth-order valence-electron chi connectivity index (χ4n) is 3.37. The van der Waals surface area contributed by atoms with Crippen LogP contribution in [0.25, 0.3) is 0 Å². The number of piperidine rings is 1. The number of nitrogens with zero attached hydrogens (tertiary/aromatic N) is 5. The number of pyridine rings is 1. The number of carbonyl (C=O) groups excluding carboxylic acids is 1. The van der Waals surface area contributed by atoms with E-state index in [0.29, 0.717) is 19.0 Å². The largest absolute Gasteiger partial charge is 0.349 e. The minimum Gasteiger partial charge on any atom is -0.349 e. The molecule has 1 saturated heterocycles. The molecule has 1 aliphatic heterocycles. The smallest absolute Gasteiger partial charge is 0.234 e. The van der Waals surface area contributed by atoms with Crippen LogP contribution >= 0.6 is 0 Å². The van der Waals surface area contributed by atoms with Crippen LogP contribution in [-0.2, 0) is 17.9 Å². The van der Waals surface area contributed by atoms with Gasteiger partial charge in [-0.15, -0.1) is 0 Å². The van der Waals surface area contributed by atoms with Crippen molar-refractivity contribution in [3.8, 4) is 0 Å². The third-order valence-electron chi connectivity index (χ3n) is 4.56. The molecule has 0 radical (unpaired) electrons. The van der Waals surface area contributed by atoms with Gasteiger partial charge in [-0.2, -0.15) is 5.10 Å². The lowest BCUT2D eigenvalue weighted by atomic mass is 9.98. The number of aryl methyl sites for hydroxylation is 2. The van der Waals surface area contributed by atoms with Crippen LogP contribution < -0.4 is 5.32 Å². The zero-order chi connectivity index (χ0) is 17.6. The molecule has 1 amide bonds. The molecule has 2 aromatic heterocycles. The molecule has 1 fully saturated rings. The Balaban J connectivity index is 1.46. The summed E-state index contributed by atoms with van der Waals surface area (Å²) < 4.78 is 1.99. The summed E-state index contributed by atoms with van der Waals surface area (Å²) in [5, 5.41) is 7.41. The number of carbonyl (C=O) groups is 1. The van der Waals surface area contributed by atoms with Gasteiger partial charge in [0.05, 0.1) is 18.8 Å². The second kappa shape index (κ2) is 8.20. The highest BCUT2D eigenvalue weighted by Gasteiger charge is 2.22. The average Bonchev–Trinajstić information content (AvgIpc) is 2.91. The van der Waals surface area contributed by atoms with Crippen molar-refractivity contribution in [1.82, 2.24) is 30.0 Å². The Morgan fingerprint density at radius 2 is 2.24 bits per heavy atom. The van der Waals surface area contributed by atoms with Gasteiger partial charge in [0.1, 0.15) is 11.6 Å². The molecular weight excluding hydrogens is 316 g/mol. The van der Waals surface area contributed by atoms with Crippen molar-refractivity contribution in [2.24, 2.45) is 5.92 Å². The van der Waals surface area contributed by atoms with E-state index in [2.05, 4.69) is 25.3 Å². The van der Waals surface area contributed by atoms with Crippen molar-refractivity contribution in [1.29, 1.82) is 0 Å². The SMILES string of the molecule is Cc1nc(C)n(C[C@H]2CCCN(CC(=O)NCc3ccccn3)C2)n1. The lowest BCUT2D eigenvalue weighted by molar-refractivity contribution is -0.122. The summed E-state index contributed by atoms with van der Waals surface area (Å²) >= 11 is 0. The Morgan fingerprint density at radius 3 is 2.96 bits per heavy atom. The van der Waals surface area contributed by atoms with E-state index in [9.17, 15) is 4.79 Å². The van der Waals surface area contributed by atoms with Crippen LogP contribution in [0.2, 0.25) is 0 Å². The van der Waals surface area contributed by atoms with Gasteiger partial charge in [0.15, 0.2) is 0 Å². The second-order valence-electron chi connectivity index (χ2n) is 6.73. The summed E-state index contributed by atoms with van der Waals surface area (Å²) in [5.74, 6) is 2.35. The molecule has 3 heterocycles. The van der Waals surface area contributed by atoms with Crippen molar-refractivity contribution in [3.63, 3.8) is 0 Å². The van der Waals surface area contributed by atoms with Gasteiger partial charge in [0.25, 0.3) is 0 Å². The highest BCUT2D eigenvalue weighted by molar-refractivity contribution is 5.77. The zero-order valence-corrected chi connectivity index (χ0v) is 15.0. The zero-order valence-electron chi connectivity index (χ0n) is 15.0. The van der Waals surface area contributed by atoms with Crippen LogP contribution in [0.15, 0.2) is 24.4 Å². The van der Waals surface area contributed by atoms with Gasteiger partial charge in [-0.1, -0.05) is 6.07 Å². The molecule has 7 nitrogen and oxygen atoms in total. The minimum absolute atomic E-state index is 0.0547. The maximum atomic E-state index is 12.2. The molecule has 0 spiro atoms. The predicted molar refractivity (Wildman–Crippen MR) is 94.7 cm³/mol. The summed E-state index contributed by atoms with van der Waals surface area (Å²) in [7, 11) is 0. The molecule has 0 aromatic carbocycles. The van der Waals surface area contributed by atoms with Crippen LogP contribution in [0.1, 0.15) is 30.2 Å². The fraction of sp³-hybridized carbons (Fsp3) is 0.556. The van der Waals surface area contributed by atoms with Crippen LogP contribution in [0.5, 0.6) is 0 Å². The van der Waals surface area contributed by atoms with E-state index in [4.69, 9.17) is 0 Å². The molecule has 1 aliphatic rings. The normalized spacial score (nSPS) is 18.2. The van der Waals surface area contributed by atoms with E-state index in [0.717, 1.165) is 43.4 Å². The van der Waals surface area contributed by atoms with Crippen LogP contribution in [-0.4, -0.2) is 50.2 Å². The lowest BCUT2D eigenvalue weighted by Crippen LogP contribution is -2.43. The number of nitrogens with one attached hydrogen (secondary N) is 1. The van der Waals surface area contributed by atoms with Gasteiger partial charge >= 0.3 is 0 Å². The number of aromatic nitrogens is 4. The molecule has 1 N–H and O–H groups in total. The van der Waals surface area contributed by atoms with Crippen LogP contribution in [0, 0.1) is 19.8 Å². The van der Waals surface area contributed by atoms with Crippen molar-refractivity contribution in [3.05, 3.63) is 41.7 Å². The second-order valence-corrected chi connectivity index (χ2v) is 6.73. The molecule has 0 saturated carbocycles. The number of hydrogen-bond acceptors (Lipinski definition) is 5. The fourth-order valence-corrected chi connectivity index (χ4v) is 3.37. The quantitative estimate of drug-likeness (QED) is 0.857. The first kappa shape index (κ1) is 17.5. The highest BCUT2D eigenvalue weighted by atomic mass is 16.2. The van der Waals surface area contributed by atoms with Crippen LogP contribution in [0.4, 0.5) is 0 Å². The first-order valence-corrected chi connectivity index (χ1v) is 8.87. The first-order chi connectivity index (χ1) is 12.1. The number of likely N-dealkylation sites (tertiary alicyclic amines) is 1. The van der Waals surface area contributed by atoms with Crippen molar-refractivity contribution in [2.45, 2.75) is 39.8 Å². The molecule has 2 aromatic rings. The number of rotatable bonds is 6. The van der Waals surface area contributed by atoms with E-state index in [1.165, 1.54) is 6.42 Å². The van der Waals surface area contributed by atoms with E-state index in [-0.39, 0.29) is 5.91 Å². The molecule has 25 heavy (non-hydrogen) atoms. The van der Waals surface area contributed by atoms with E-state index in [1.54, 1.807) is 6.20 Å². The van der Waals surface area contributed by atoms with Gasteiger partial charge in [-0.05, 0) is 51.3 Å². The van der Waals surface area contributed by atoms with Crippen molar-refractivity contribution in [2.75, 3.05) is 19.6 Å². The Hall–Kier alpha value is -2.28. The van der Waals surface area contributed by atoms with Crippen molar-refractivity contribution >= 4 is 5.91 Å². The van der Waals surface area contributed by atoms with E-state index < -0.39 is 0 Å². The Morgan fingerprint density at radius 1 is 1.36 bits per heavy atom. The monoisotopic (exact) mass is 342 g/mol. The molecule has 0 aliphatic carbocycles. The number of hydrogen-bond donors (Lipinski definition) is 1. The van der Waals surface area contributed by atoms with Gasteiger partial charge in [0, 0.05) is 19.3 Å². The minimum atomic E-state index is 0.0547. The van der Waals surface area contributed by atoms with E-state index in [1.807, 2.05) is 36.7 Å². The van der Waals surface area contributed by atoms with Gasteiger partial charge in [-0.3, -0.25) is 14.7 Å². The summed E-state index contributed by atoms with van der Waals surface area (Å²) in [5.41, 5.74) is 0.879. The van der Waals surface area contributed by atoms with Crippen molar-refractivity contribution < 1.29 is 4.79 Å². The van der Waals surface area contributed by atoms with Gasteiger partial charge in [-0.25, -0.2) is 9.67 Å². The van der Waals surface area contributed by atoms with E-state index >= 15 is 0 Å². The Labute approximate surface area is 148 Å². The maximum absolute atomic E-state index is 12.2. The first-order valence-electron chi connectivity index (χ1n) is 8.87. The third-order valence-corrected chi connectivity index (χ3v) is 4.56. The number of amides is 1. The standard InChI is InChI=1S/C18H26N6O/c1-14-21-15(2)24(22-14)12-16-6-5-9-23(11-16)13-18(25)20-10-17-7-3-4-8-19-17/h3-4,7-8,16H,5-6,9-13H2,1-2H3,(H,20,25)/t16-/m0/s1. The molecule has 134 valence electrons. The summed E-state index contributed by atoms with van der Waals surface area (Å²) in [4.78, 5) is 23.0. The molecule has 1 atom stereocenters. The summed E-state index contributed by atoms with van der Waals surface area (Å²) in [6.45, 7) is 7.61. The van der Waals surface area contributed by atoms with Crippen LogP contribution in [0.3, 0.4) is 0 Å². The molecular formula is C18H26N6O. The molecule has 3 rings (SSSR count). The molecule has 0 bridgehead atoms. The van der Waals surface area contributed by atoms with Gasteiger partial charge < -0.3 is 5.32 Å². The summed E-state index contributed by atoms with van der Waals surface area (Å²) in [6, 6.07) is 5.72. The maximum Gasteiger partial charge on any atom is 0.234 e. The van der Waals surface area contributed by atoms with Gasteiger partial charge in [0.2, 0.25) is 5.91 Å². The molecule has 7 heteroatoms. The molecule has 0 unspecified atom stereocenters. The Bertz CT molecular complexity index is 699. The predicted octanol–water partition coefficient (Wildman–Crippen LogP) is 1.32.